The van der Waals surface area contributed by atoms with Crippen molar-refractivity contribution in [3.63, 3.8) is 0 Å². The average Bonchev–Trinajstić information content (AvgIpc) is 3.56. The lowest BCUT2D eigenvalue weighted by molar-refractivity contribution is 0.645. The minimum atomic E-state index is -0.192. The van der Waals surface area contributed by atoms with Crippen LogP contribution in [0.1, 0.15) is 36.1 Å². The second-order valence-electron chi connectivity index (χ2n) is 16.1. The number of fused-ring (bicyclic) bond motifs is 6. The summed E-state index contributed by atoms with van der Waals surface area (Å²) in [6.07, 6.45) is 0. The number of hydrogen-bond acceptors (Lipinski definition) is 0. The zero-order valence-corrected chi connectivity index (χ0v) is 31.7. The molecule has 0 saturated heterocycles. The second-order valence-corrected chi connectivity index (χ2v) is 16.1. The molecule has 0 unspecified atom stereocenters. The van der Waals surface area contributed by atoms with Crippen LogP contribution in [0, 0.1) is 13.8 Å². The van der Waals surface area contributed by atoms with Gasteiger partial charge >= 0.3 is 0 Å². The molecule has 2 aliphatic carbocycles. The molecule has 0 nitrogen and oxygen atoms in total. The standard InChI is InChI=1S/C55H40/c1-33-34(2)50(37-18-12-7-13-19-37)54-46-28-29-47-52-44(26-27-45(51(46)52)53(54)49(33)36-16-10-6-11-17-36)43-25-24-42(32-48(43)55(47,3)4)41-23-22-39-30-38(20-21-40(39)31-41)35-14-8-5-9-15-35/h5-32H,1-4H3. The van der Waals surface area contributed by atoms with Gasteiger partial charge in [0, 0.05) is 5.41 Å². The van der Waals surface area contributed by atoms with Crippen molar-refractivity contribution < 1.29 is 0 Å². The van der Waals surface area contributed by atoms with E-state index in [-0.39, 0.29) is 5.41 Å². The van der Waals surface area contributed by atoms with Crippen molar-refractivity contribution in [1.29, 1.82) is 0 Å². The molecule has 0 saturated carbocycles. The first-order valence-electron chi connectivity index (χ1n) is 19.5. The van der Waals surface area contributed by atoms with Gasteiger partial charge in [-0.3, -0.25) is 0 Å². The van der Waals surface area contributed by atoms with E-state index < -0.39 is 0 Å². The van der Waals surface area contributed by atoms with E-state index in [1.54, 1.807) is 0 Å². The maximum absolute atomic E-state index is 2.47. The van der Waals surface area contributed by atoms with Crippen LogP contribution in [0.4, 0.5) is 0 Å². The molecule has 9 aromatic carbocycles. The van der Waals surface area contributed by atoms with Crippen molar-refractivity contribution >= 4 is 21.5 Å². The molecule has 0 atom stereocenters. The molecular formula is C55H40. The van der Waals surface area contributed by atoms with Crippen LogP contribution in [-0.4, -0.2) is 0 Å². The lowest BCUT2D eigenvalue weighted by Gasteiger charge is -2.36. The predicted octanol–water partition coefficient (Wildman–Crippen LogP) is 15.2. The Kier molecular flexibility index (Phi) is 6.83. The molecule has 11 rings (SSSR count). The van der Waals surface area contributed by atoms with E-state index in [9.17, 15) is 0 Å². The van der Waals surface area contributed by atoms with Gasteiger partial charge in [0.15, 0.2) is 0 Å². The van der Waals surface area contributed by atoms with Gasteiger partial charge < -0.3 is 0 Å². The number of benzene rings is 9. The summed E-state index contributed by atoms with van der Waals surface area (Å²) in [4.78, 5) is 0. The molecule has 0 N–H and O–H groups in total. The molecule has 0 aromatic heterocycles. The summed E-state index contributed by atoms with van der Waals surface area (Å²) in [5.41, 5.74) is 23.7. The van der Waals surface area contributed by atoms with Crippen molar-refractivity contribution in [1.82, 2.24) is 0 Å². The van der Waals surface area contributed by atoms with Crippen LogP contribution in [-0.2, 0) is 5.41 Å². The van der Waals surface area contributed by atoms with Crippen LogP contribution in [0.2, 0.25) is 0 Å². The first kappa shape index (κ1) is 32.0. The molecule has 0 fully saturated rings. The maximum atomic E-state index is 2.47. The Bertz CT molecular complexity index is 2960. The van der Waals surface area contributed by atoms with E-state index in [1.165, 1.54) is 122 Å². The average molecular weight is 701 g/mol. The molecule has 0 heterocycles. The summed E-state index contributed by atoms with van der Waals surface area (Å²) in [5.74, 6) is 0. The smallest absolute Gasteiger partial charge is 0.0159 e. The summed E-state index contributed by atoms with van der Waals surface area (Å²) in [6.45, 7) is 9.49. The van der Waals surface area contributed by atoms with E-state index in [2.05, 4.69) is 198 Å². The highest BCUT2D eigenvalue weighted by atomic mass is 14.4. The predicted molar refractivity (Wildman–Crippen MR) is 235 cm³/mol. The number of hydrogen-bond donors (Lipinski definition) is 0. The zero-order valence-electron chi connectivity index (χ0n) is 31.7. The fourth-order valence-corrected chi connectivity index (χ4v) is 9.98. The Morgan fingerprint density at radius 2 is 0.745 bits per heavy atom. The van der Waals surface area contributed by atoms with E-state index in [0.717, 1.165) is 0 Å². The van der Waals surface area contributed by atoms with Gasteiger partial charge in [0.1, 0.15) is 0 Å². The normalized spacial score (nSPS) is 13.2. The molecule has 260 valence electrons. The van der Waals surface area contributed by atoms with Crippen LogP contribution >= 0.6 is 0 Å². The SMILES string of the molecule is Cc1c(C)c(-c2ccccc2)c2c(c1-c1ccccc1)-c1ccc3c4c(ccc-2c14)C(C)(C)c1cc(-c2ccc4cc(-c5ccccc5)ccc4c2)ccc1-3. The minimum Gasteiger partial charge on any atom is -0.0622 e. The molecule has 0 radical (unpaired) electrons. The van der Waals surface area contributed by atoms with Crippen LogP contribution in [0.25, 0.3) is 99.4 Å². The van der Waals surface area contributed by atoms with Crippen LogP contribution in [0.15, 0.2) is 170 Å². The van der Waals surface area contributed by atoms with Crippen LogP contribution < -0.4 is 0 Å². The summed E-state index contributed by atoms with van der Waals surface area (Å²) < 4.78 is 0. The van der Waals surface area contributed by atoms with Crippen molar-refractivity contribution in [3.05, 3.63) is 192 Å². The Balaban J connectivity index is 1.10. The third-order valence-electron chi connectivity index (χ3n) is 12.8. The molecule has 0 aliphatic heterocycles. The fourth-order valence-electron chi connectivity index (χ4n) is 9.98. The first-order valence-corrected chi connectivity index (χ1v) is 19.5. The van der Waals surface area contributed by atoms with Crippen LogP contribution in [0.3, 0.4) is 0 Å². The molecule has 0 amide bonds. The molecule has 0 bridgehead atoms. The minimum absolute atomic E-state index is 0.192. The Morgan fingerprint density at radius 3 is 1.31 bits per heavy atom. The summed E-state index contributed by atoms with van der Waals surface area (Å²) in [5, 5.41) is 5.33. The molecule has 55 heavy (non-hydrogen) atoms. The number of rotatable bonds is 4. The highest BCUT2D eigenvalue weighted by Crippen LogP contribution is 2.60. The highest BCUT2D eigenvalue weighted by molar-refractivity contribution is 6.25. The quantitative estimate of drug-likeness (QED) is 0.171. The van der Waals surface area contributed by atoms with Gasteiger partial charge in [-0.1, -0.05) is 166 Å². The van der Waals surface area contributed by atoms with Gasteiger partial charge in [-0.05, 0) is 154 Å². The van der Waals surface area contributed by atoms with Crippen molar-refractivity contribution in [3.8, 4) is 77.9 Å². The molecule has 0 heteroatoms. The zero-order chi connectivity index (χ0) is 37.0. The summed E-state index contributed by atoms with van der Waals surface area (Å²) in [6, 6.07) is 63.4. The van der Waals surface area contributed by atoms with Gasteiger partial charge in [0.25, 0.3) is 0 Å². The molecular weight excluding hydrogens is 661 g/mol. The summed E-state index contributed by atoms with van der Waals surface area (Å²) >= 11 is 0. The van der Waals surface area contributed by atoms with Gasteiger partial charge in [0.05, 0.1) is 0 Å². The van der Waals surface area contributed by atoms with Gasteiger partial charge in [-0.15, -0.1) is 0 Å². The molecule has 0 spiro atoms. The van der Waals surface area contributed by atoms with E-state index in [1.807, 2.05) is 0 Å². The lowest BCUT2D eigenvalue weighted by Crippen LogP contribution is -2.23. The molecule has 9 aromatic rings. The maximum Gasteiger partial charge on any atom is 0.0159 e. The topological polar surface area (TPSA) is 0 Å². The van der Waals surface area contributed by atoms with E-state index >= 15 is 0 Å². The Hall–Kier alpha value is -6.50. The van der Waals surface area contributed by atoms with Crippen molar-refractivity contribution in [2.45, 2.75) is 33.1 Å². The second kappa shape index (κ2) is 11.7. The van der Waals surface area contributed by atoms with E-state index in [0.29, 0.717) is 0 Å². The van der Waals surface area contributed by atoms with Crippen LogP contribution in [0.5, 0.6) is 0 Å². The highest BCUT2D eigenvalue weighted by Gasteiger charge is 2.38. The fraction of sp³-hybridized carbons (Fsp3) is 0.0909. The van der Waals surface area contributed by atoms with Crippen molar-refractivity contribution in [2.75, 3.05) is 0 Å². The largest absolute Gasteiger partial charge is 0.0622 e. The summed E-state index contributed by atoms with van der Waals surface area (Å²) in [7, 11) is 0. The van der Waals surface area contributed by atoms with Crippen molar-refractivity contribution in [2.24, 2.45) is 0 Å². The Morgan fingerprint density at radius 1 is 0.309 bits per heavy atom. The Labute approximate surface area is 323 Å². The third kappa shape index (κ3) is 4.58. The van der Waals surface area contributed by atoms with Gasteiger partial charge in [-0.2, -0.15) is 0 Å². The monoisotopic (exact) mass is 700 g/mol. The lowest BCUT2D eigenvalue weighted by atomic mass is 9.67. The van der Waals surface area contributed by atoms with Gasteiger partial charge in [-0.25, -0.2) is 0 Å². The third-order valence-corrected chi connectivity index (χ3v) is 12.8. The first-order chi connectivity index (χ1) is 26.9. The molecule has 2 aliphatic rings. The van der Waals surface area contributed by atoms with E-state index in [4.69, 9.17) is 0 Å². The van der Waals surface area contributed by atoms with Gasteiger partial charge in [0.2, 0.25) is 0 Å².